The Kier molecular flexibility index (Phi) is 5.86. The van der Waals surface area contributed by atoms with Gasteiger partial charge in [-0.3, -0.25) is 14.8 Å². The van der Waals surface area contributed by atoms with Crippen LogP contribution in [0.4, 0.5) is 5.69 Å². The second-order valence-electron chi connectivity index (χ2n) is 6.21. The van der Waals surface area contributed by atoms with Gasteiger partial charge >= 0.3 is 0 Å². The largest absolute Gasteiger partial charge is 0.273 e. The number of aryl methyl sites for hydroxylation is 1. The molecule has 0 aliphatic heterocycles. The normalized spacial score (nSPS) is 11.6. The molecule has 3 aromatic rings. The minimum absolute atomic E-state index is 0.0110. The monoisotopic (exact) mass is 400 g/mol. The van der Waals surface area contributed by atoms with Gasteiger partial charge in [-0.15, -0.1) is 0 Å². The van der Waals surface area contributed by atoms with Crippen molar-refractivity contribution < 1.29 is 13.3 Å². The Morgan fingerprint density at radius 1 is 1.04 bits per heavy atom. The second-order valence-corrected chi connectivity index (χ2v) is 8.15. The minimum Gasteiger partial charge on any atom is -0.273 e. The maximum Gasteiger partial charge on any atom is 0.269 e. The van der Waals surface area contributed by atoms with Gasteiger partial charge in [-0.25, -0.2) is 8.42 Å². The predicted molar refractivity (Wildman–Crippen MR) is 104 cm³/mol. The number of benzene rings is 2. The fourth-order valence-corrected chi connectivity index (χ4v) is 4.18. The molecule has 0 aliphatic carbocycles. The molecule has 0 amide bonds. The number of nitro groups is 1. The van der Waals surface area contributed by atoms with Crippen molar-refractivity contribution in [3.8, 4) is 0 Å². The van der Waals surface area contributed by atoms with Crippen molar-refractivity contribution in [1.82, 2.24) is 14.1 Å². The van der Waals surface area contributed by atoms with Gasteiger partial charge in [-0.1, -0.05) is 30.3 Å². The van der Waals surface area contributed by atoms with Crippen molar-refractivity contribution in [2.45, 2.75) is 31.5 Å². The van der Waals surface area contributed by atoms with Crippen LogP contribution in [-0.4, -0.2) is 27.4 Å². The van der Waals surface area contributed by atoms with Gasteiger partial charge in [0.05, 0.1) is 16.0 Å². The summed E-state index contributed by atoms with van der Waals surface area (Å²) in [5.74, 6) is 0. The van der Waals surface area contributed by atoms with Gasteiger partial charge in [0.2, 0.25) is 10.0 Å². The van der Waals surface area contributed by atoms with Crippen LogP contribution in [0.2, 0.25) is 0 Å². The molecule has 0 unspecified atom stereocenters. The first-order valence-corrected chi connectivity index (χ1v) is 10.1. The average Bonchev–Trinajstić information content (AvgIpc) is 3.16. The summed E-state index contributed by atoms with van der Waals surface area (Å²) in [4.78, 5) is 10.3. The Hall–Kier alpha value is -3.04. The van der Waals surface area contributed by atoms with E-state index in [4.69, 9.17) is 0 Å². The average molecular weight is 400 g/mol. The van der Waals surface area contributed by atoms with Crippen LogP contribution in [0.3, 0.4) is 0 Å². The molecule has 28 heavy (non-hydrogen) atoms. The molecular weight excluding hydrogens is 380 g/mol. The van der Waals surface area contributed by atoms with Crippen molar-refractivity contribution in [2.24, 2.45) is 0 Å². The highest BCUT2D eigenvalue weighted by molar-refractivity contribution is 7.89. The van der Waals surface area contributed by atoms with Crippen molar-refractivity contribution in [3.05, 3.63) is 88.2 Å². The van der Waals surface area contributed by atoms with Gasteiger partial charge < -0.3 is 0 Å². The number of sulfonamides is 1. The van der Waals surface area contributed by atoms with Gasteiger partial charge in [-0.05, 0) is 24.6 Å². The van der Waals surface area contributed by atoms with Gasteiger partial charge in [-0.2, -0.15) is 9.40 Å². The van der Waals surface area contributed by atoms with Crippen LogP contribution in [-0.2, 0) is 29.7 Å². The lowest BCUT2D eigenvalue weighted by Gasteiger charge is -2.22. The summed E-state index contributed by atoms with van der Waals surface area (Å²) in [7, 11) is -3.86. The Labute approximate surface area is 163 Å². The highest BCUT2D eigenvalue weighted by Gasteiger charge is 2.26. The summed E-state index contributed by atoms with van der Waals surface area (Å²) in [5.41, 5.74) is 1.46. The van der Waals surface area contributed by atoms with Crippen LogP contribution in [0.15, 0.2) is 71.9 Å². The first-order valence-electron chi connectivity index (χ1n) is 8.70. The SMILES string of the molecule is CCn1cc(CN(Cc2ccccc2)S(=O)(=O)c2ccc([N+](=O)[O-])cc2)cn1. The lowest BCUT2D eigenvalue weighted by molar-refractivity contribution is -0.384. The van der Waals surface area contributed by atoms with Crippen molar-refractivity contribution >= 4 is 15.7 Å². The zero-order chi connectivity index (χ0) is 20.1. The van der Waals surface area contributed by atoms with E-state index in [0.29, 0.717) is 6.54 Å². The van der Waals surface area contributed by atoms with Gasteiger partial charge in [0.1, 0.15) is 0 Å². The van der Waals surface area contributed by atoms with E-state index < -0.39 is 14.9 Å². The molecule has 0 N–H and O–H groups in total. The summed E-state index contributed by atoms with van der Waals surface area (Å²) in [6, 6.07) is 14.2. The van der Waals surface area contributed by atoms with Crippen LogP contribution in [0.25, 0.3) is 0 Å². The molecule has 0 spiro atoms. The minimum atomic E-state index is -3.86. The first-order chi connectivity index (χ1) is 13.4. The first kappa shape index (κ1) is 19.7. The molecule has 2 aromatic carbocycles. The molecule has 0 bridgehead atoms. The van der Waals surface area contributed by atoms with E-state index >= 15 is 0 Å². The molecule has 0 fully saturated rings. The summed E-state index contributed by atoms with van der Waals surface area (Å²) in [6.45, 7) is 2.96. The number of nitro benzene ring substituents is 1. The molecular formula is C19H20N4O4S. The third-order valence-corrected chi connectivity index (χ3v) is 6.06. The molecule has 3 rings (SSSR count). The molecule has 0 aliphatic rings. The van der Waals surface area contributed by atoms with E-state index in [0.717, 1.165) is 11.1 Å². The summed E-state index contributed by atoms with van der Waals surface area (Å²) in [5, 5.41) is 15.0. The number of non-ortho nitro benzene ring substituents is 1. The third-order valence-electron chi connectivity index (χ3n) is 4.26. The second kappa shape index (κ2) is 8.32. The highest BCUT2D eigenvalue weighted by atomic mass is 32.2. The topological polar surface area (TPSA) is 98.3 Å². The van der Waals surface area contributed by atoms with Crippen molar-refractivity contribution in [3.63, 3.8) is 0 Å². The zero-order valence-corrected chi connectivity index (χ0v) is 16.1. The van der Waals surface area contributed by atoms with E-state index in [1.165, 1.54) is 28.6 Å². The third kappa shape index (κ3) is 4.44. The molecule has 0 radical (unpaired) electrons. The number of nitrogens with zero attached hydrogens (tertiary/aromatic N) is 4. The number of hydrogen-bond acceptors (Lipinski definition) is 5. The van der Waals surface area contributed by atoms with Gasteiger partial charge in [0.25, 0.3) is 5.69 Å². The Morgan fingerprint density at radius 2 is 1.68 bits per heavy atom. The van der Waals surface area contributed by atoms with E-state index in [2.05, 4.69) is 5.10 Å². The highest BCUT2D eigenvalue weighted by Crippen LogP contribution is 2.23. The lowest BCUT2D eigenvalue weighted by Crippen LogP contribution is -2.30. The Balaban J connectivity index is 1.94. The number of aromatic nitrogens is 2. The van der Waals surface area contributed by atoms with Crippen LogP contribution < -0.4 is 0 Å². The lowest BCUT2D eigenvalue weighted by atomic mass is 10.2. The maximum atomic E-state index is 13.2. The fourth-order valence-electron chi connectivity index (χ4n) is 2.77. The van der Waals surface area contributed by atoms with E-state index in [1.807, 2.05) is 43.5 Å². The van der Waals surface area contributed by atoms with E-state index in [1.54, 1.807) is 10.9 Å². The van der Waals surface area contributed by atoms with Crippen LogP contribution in [0.5, 0.6) is 0 Å². The Morgan fingerprint density at radius 3 is 2.25 bits per heavy atom. The van der Waals surface area contributed by atoms with Gasteiger partial charge in [0.15, 0.2) is 0 Å². The van der Waals surface area contributed by atoms with Crippen molar-refractivity contribution in [1.29, 1.82) is 0 Å². The molecule has 0 atom stereocenters. The number of rotatable bonds is 8. The molecule has 0 saturated heterocycles. The Bertz CT molecular complexity index is 1050. The molecule has 1 heterocycles. The molecule has 0 saturated carbocycles. The van der Waals surface area contributed by atoms with Gasteiger partial charge in [0, 0.05) is 43.5 Å². The predicted octanol–water partition coefficient (Wildman–Crippen LogP) is 3.20. The summed E-state index contributed by atoms with van der Waals surface area (Å²) in [6.07, 6.45) is 3.45. The molecule has 146 valence electrons. The summed E-state index contributed by atoms with van der Waals surface area (Å²) < 4.78 is 29.5. The quantitative estimate of drug-likeness (QED) is 0.427. The molecule has 1 aromatic heterocycles. The standard InChI is InChI=1S/C19H20N4O4S/c1-2-21-13-17(12-20-21)15-22(14-16-6-4-3-5-7-16)28(26,27)19-10-8-18(9-11-19)23(24)25/h3-13H,2,14-15H2,1H3. The van der Waals surface area contributed by atoms with Crippen molar-refractivity contribution in [2.75, 3.05) is 0 Å². The van der Waals surface area contributed by atoms with E-state index in [9.17, 15) is 18.5 Å². The number of hydrogen-bond donors (Lipinski definition) is 0. The van der Waals surface area contributed by atoms with Crippen LogP contribution in [0, 0.1) is 10.1 Å². The maximum absolute atomic E-state index is 13.2. The molecule has 8 nitrogen and oxygen atoms in total. The van der Waals surface area contributed by atoms with Crippen LogP contribution >= 0.6 is 0 Å². The zero-order valence-electron chi connectivity index (χ0n) is 15.3. The summed E-state index contributed by atoms with van der Waals surface area (Å²) >= 11 is 0. The smallest absolute Gasteiger partial charge is 0.269 e. The van der Waals surface area contributed by atoms with E-state index in [-0.39, 0.29) is 23.7 Å². The fraction of sp³-hybridized carbons (Fsp3) is 0.211. The molecule has 9 heteroatoms. The van der Waals surface area contributed by atoms with Crippen LogP contribution in [0.1, 0.15) is 18.1 Å².